The molecule has 152 valence electrons. The SMILES string of the molecule is CC(C)(CNC(=O)c1cc(S(=O)(=O)N2CCSCC2)c[nH]1)c1ccc(Br)cc1. The van der Waals surface area contributed by atoms with E-state index in [1.807, 2.05) is 24.3 Å². The van der Waals surface area contributed by atoms with Crippen LogP contribution in [0, 0.1) is 0 Å². The molecule has 0 bridgehead atoms. The van der Waals surface area contributed by atoms with Crippen LogP contribution in [0.3, 0.4) is 0 Å². The van der Waals surface area contributed by atoms with Crippen LogP contribution in [0.1, 0.15) is 29.9 Å². The van der Waals surface area contributed by atoms with Crippen molar-refractivity contribution >= 4 is 43.6 Å². The number of nitrogens with one attached hydrogen (secondary N) is 2. The van der Waals surface area contributed by atoms with Crippen LogP contribution in [0.25, 0.3) is 0 Å². The number of H-pyrrole nitrogens is 1. The summed E-state index contributed by atoms with van der Waals surface area (Å²) in [5.74, 6) is 1.27. The summed E-state index contributed by atoms with van der Waals surface area (Å²) in [4.78, 5) is 15.5. The van der Waals surface area contributed by atoms with E-state index in [9.17, 15) is 13.2 Å². The van der Waals surface area contributed by atoms with Crippen molar-refractivity contribution in [3.8, 4) is 0 Å². The Morgan fingerprint density at radius 2 is 1.89 bits per heavy atom. The molecule has 2 aromatic rings. The van der Waals surface area contributed by atoms with E-state index in [4.69, 9.17) is 0 Å². The Bertz CT molecular complexity index is 934. The maximum absolute atomic E-state index is 12.7. The van der Waals surface area contributed by atoms with E-state index in [0.717, 1.165) is 21.5 Å². The molecule has 0 spiro atoms. The average molecular weight is 486 g/mol. The lowest BCUT2D eigenvalue weighted by atomic mass is 9.84. The van der Waals surface area contributed by atoms with Gasteiger partial charge in [0.1, 0.15) is 10.6 Å². The number of thioether (sulfide) groups is 1. The molecule has 1 fully saturated rings. The molecule has 28 heavy (non-hydrogen) atoms. The van der Waals surface area contributed by atoms with Crippen molar-refractivity contribution in [2.45, 2.75) is 24.2 Å². The molecule has 1 aromatic carbocycles. The zero-order valence-electron chi connectivity index (χ0n) is 15.9. The van der Waals surface area contributed by atoms with E-state index in [1.165, 1.54) is 16.6 Å². The van der Waals surface area contributed by atoms with Gasteiger partial charge in [0.15, 0.2) is 0 Å². The number of aromatic nitrogens is 1. The minimum Gasteiger partial charge on any atom is -0.356 e. The molecule has 1 aromatic heterocycles. The molecule has 3 rings (SSSR count). The summed E-state index contributed by atoms with van der Waals surface area (Å²) < 4.78 is 27.9. The first kappa shape index (κ1) is 21.4. The number of carbonyl (C=O) groups excluding carboxylic acids is 1. The van der Waals surface area contributed by atoms with E-state index >= 15 is 0 Å². The molecule has 2 heterocycles. The summed E-state index contributed by atoms with van der Waals surface area (Å²) in [6.45, 7) is 5.53. The summed E-state index contributed by atoms with van der Waals surface area (Å²) in [6, 6.07) is 9.40. The summed E-state index contributed by atoms with van der Waals surface area (Å²) >= 11 is 5.17. The molecule has 0 unspecified atom stereocenters. The second kappa shape index (κ2) is 8.61. The molecular weight excluding hydrogens is 462 g/mol. The highest BCUT2D eigenvalue weighted by atomic mass is 79.9. The fraction of sp³-hybridized carbons (Fsp3) is 0.421. The Morgan fingerprint density at radius 3 is 2.54 bits per heavy atom. The Morgan fingerprint density at radius 1 is 1.25 bits per heavy atom. The van der Waals surface area contributed by atoms with Gasteiger partial charge in [0.2, 0.25) is 10.0 Å². The molecule has 0 atom stereocenters. The van der Waals surface area contributed by atoms with Crippen LogP contribution in [0.4, 0.5) is 0 Å². The molecular formula is C19H24BrN3O3S2. The predicted molar refractivity (Wildman–Crippen MR) is 116 cm³/mol. The Kier molecular flexibility index (Phi) is 6.58. The van der Waals surface area contributed by atoms with Crippen molar-refractivity contribution < 1.29 is 13.2 Å². The number of nitrogens with zero attached hydrogens (tertiary/aromatic N) is 1. The van der Waals surface area contributed by atoms with Crippen molar-refractivity contribution in [3.63, 3.8) is 0 Å². The quantitative estimate of drug-likeness (QED) is 0.657. The van der Waals surface area contributed by atoms with Crippen LogP contribution >= 0.6 is 27.7 Å². The van der Waals surface area contributed by atoms with Gasteiger partial charge in [-0.2, -0.15) is 16.1 Å². The van der Waals surface area contributed by atoms with E-state index in [0.29, 0.717) is 19.6 Å². The minimum atomic E-state index is -3.56. The van der Waals surface area contributed by atoms with Crippen molar-refractivity contribution in [2.24, 2.45) is 0 Å². The number of halogens is 1. The highest BCUT2D eigenvalue weighted by Gasteiger charge is 2.28. The van der Waals surface area contributed by atoms with E-state index in [-0.39, 0.29) is 21.9 Å². The molecule has 1 aliphatic heterocycles. The third kappa shape index (κ3) is 4.82. The highest BCUT2D eigenvalue weighted by Crippen LogP contribution is 2.24. The first-order valence-corrected chi connectivity index (χ1v) is 12.4. The lowest BCUT2D eigenvalue weighted by molar-refractivity contribution is 0.0941. The van der Waals surface area contributed by atoms with Crippen molar-refractivity contribution in [2.75, 3.05) is 31.1 Å². The minimum absolute atomic E-state index is 0.136. The Balaban J connectivity index is 1.66. The average Bonchev–Trinajstić information content (AvgIpc) is 3.18. The highest BCUT2D eigenvalue weighted by molar-refractivity contribution is 9.10. The number of carbonyl (C=O) groups is 1. The van der Waals surface area contributed by atoms with E-state index in [2.05, 4.69) is 40.1 Å². The van der Waals surface area contributed by atoms with E-state index in [1.54, 1.807) is 11.8 Å². The topological polar surface area (TPSA) is 82.3 Å². The van der Waals surface area contributed by atoms with Crippen molar-refractivity contribution in [3.05, 3.63) is 52.3 Å². The summed E-state index contributed by atoms with van der Waals surface area (Å²) in [5, 5.41) is 2.90. The Labute approximate surface area is 178 Å². The fourth-order valence-electron chi connectivity index (χ4n) is 2.99. The van der Waals surface area contributed by atoms with Gasteiger partial charge in [0.05, 0.1) is 0 Å². The number of aromatic amines is 1. The van der Waals surface area contributed by atoms with Crippen LogP contribution in [-0.2, 0) is 15.4 Å². The maximum atomic E-state index is 12.7. The molecule has 2 N–H and O–H groups in total. The van der Waals surface area contributed by atoms with Gasteiger partial charge < -0.3 is 10.3 Å². The van der Waals surface area contributed by atoms with Crippen LogP contribution in [-0.4, -0.2) is 54.8 Å². The molecule has 1 amide bonds. The Hall–Kier alpha value is -1.29. The van der Waals surface area contributed by atoms with Crippen LogP contribution < -0.4 is 5.32 Å². The number of amides is 1. The third-order valence-electron chi connectivity index (χ3n) is 4.83. The van der Waals surface area contributed by atoms with Crippen LogP contribution in [0.5, 0.6) is 0 Å². The van der Waals surface area contributed by atoms with Gasteiger partial charge >= 0.3 is 0 Å². The van der Waals surface area contributed by atoms with Gasteiger partial charge in [0.25, 0.3) is 5.91 Å². The smallest absolute Gasteiger partial charge is 0.267 e. The number of hydrogen-bond acceptors (Lipinski definition) is 4. The maximum Gasteiger partial charge on any atom is 0.267 e. The first-order chi connectivity index (χ1) is 13.2. The van der Waals surface area contributed by atoms with Crippen molar-refractivity contribution in [1.29, 1.82) is 0 Å². The number of rotatable bonds is 6. The predicted octanol–water partition coefficient (Wildman–Crippen LogP) is 3.22. The van der Waals surface area contributed by atoms with Gasteiger partial charge in [-0.05, 0) is 23.8 Å². The molecule has 6 nitrogen and oxygen atoms in total. The standard InChI is InChI=1S/C19H24BrN3O3S2/c1-19(2,14-3-5-15(20)6-4-14)13-22-18(24)17-11-16(12-21-17)28(25,26)23-7-9-27-10-8-23/h3-6,11-12,21H,7-10,13H2,1-2H3,(H,22,24). The fourth-order valence-corrected chi connectivity index (χ4v) is 5.82. The largest absolute Gasteiger partial charge is 0.356 e. The summed E-state index contributed by atoms with van der Waals surface area (Å²) in [7, 11) is -3.56. The zero-order chi connectivity index (χ0) is 20.4. The summed E-state index contributed by atoms with van der Waals surface area (Å²) in [6.07, 6.45) is 1.39. The molecule has 0 aliphatic carbocycles. The number of benzene rings is 1. The van der Waals surface area contributed by atoms with Crippen LogP contribution in [0.15, 0.2) is 45.9 Å². The second-order valence-electron chi connectivity index (χ2n) is 7.34. The van der Waals surface area contributed by atoms with Gasteiger partial charge in [0, 0.05) is 47.2 Å². The molecule has 1 aliphatic rings. The monoisotopic (exact) mass is 485 g/mol. The van der Waals surface area contributed by atoms with Crippen molar-refractivity contribution in [1.82, 2.24) is 14.6 Å². The molecule has 0 radical (unpaired) electrons. The number of sulfonamides is 1. The lowest BCUT2D eigenvalue weighted by Crippen LogP contribution is -2.37. The lowest BCUT2D eigenvalue weighted by Gasteiger charge is -2.25. The normalized spacial score (nSPS) is 16.1. The second-order valence-corrected chi connectivity index (χ2v) is 11.4. The van der Waals surface area contributed by atoms with Crippen LogP contribution in [0.2, 0.25) is 0 Å². The zero-order valence-corrected chi connectivity index (χ0v) is 19.1. The van der Waals surface area contributed by atoms with Gasteiger partial charge in [-0.15, -0.1) is 0 Å². The number of hydrogen-bond donors (Lipinski definition) is 2. The van der Waals surface area contributed by atoms with Gasteiger partial charge in [-0.25, -0.2) is 8.42 Å². The van der Waals surface area contributed by atoms with Gasteiger partial charge in [-0.1, -0.05) is 41.9 Å². The molecule has 0 saturated carbocycles. The summed E-state index contributed by atoms with van der Waals surface area (Å²) in [5.41, 5.74) is 1.09. The molecule has 9 heteroatoms. The van der Waals surface area contributed by atoms with Gasteiger partial charge in [-0.3, -0.25) is 4.79 Å². The third-order valence-corrected chi connectivity index (χ3v) is 8.17. The first-order valence-electron chi connectivity index (χ1n) is 9.01. The molecule has 1 saturated heterocycles. The van der Waals surface area contributed by atoms with E-state index < -0.39 is 10.0 Å².